The van der Waals surface area contributed by atoms with Gasteiger partial charge in [0.1, 0.15) is 12.6 Å². The fourth-order valence-corrected chi connectivity index (χ4v) is 6.74. The molecule has 0 heterocycles. The summed E-state index contributed by atoms with van der Waals surface area (Å²) in [6.07, 6.45) is 0.976. The second-order valence-electron chi connectivity index (χ2n) is 10.5. The molecule has 0 bridgehead atoms. The van der Waals surface area contributed by atoms with Crippen LogP contribution in [0.1, 0.15) is 31.4 Å². The van der Waals surface area contributed by atoms with E-state index in [1.54, 1.807) is 42.5 Å². The number of nitrogens with zero attached hydrogens (tertiary/aromatic N) is 2. The van der Waals surface area contributed by atoms with Crippen molar-refractivity contribution in [3.8, 4) is 0 Å². The summed E-state index contributed by atoms with van der Waals surface area (Å²) in [5.41, 5.74) is 2.01. The van der Waals surface area contributed by atoms with Gasteiger partial charge in [0, 0.05) is 28.0 Å². The Labute approximate surface area is 276 Å². The summed E-state index contributed by atoms with van der Waals surface area (Å²) in [7, 11) is -4.15. The number of carbonyl (C=O) groups excluding carboxylic acids is 2. The molecule has 0 radical (unpaired) electrons. The van der Waals surface area contributed by atoms with Crippen LogP contribution in [0.4, 0.5) is 5.69 Å². The Bertz CT molecular complexity index is 1650. The van der Waals surface area contributed by atoms with E-state index in [-0.39, 0.29) is 29.8 Å². The first kappa shape index (κ1) is 33.4. The number of rotatable bonds is 13. The van der Waals surface area contributed by atoms with Gasteiger partial charge < -0.3 is 10.2 Å². The van der Waals surface area contributed by atoms with Crippen molar-refractivity contribution >= 4 is 59.4 Å². The van der Waals surface area contributed by atoms with Crippen molar-refractivity contribution in [3.05, 3.63) is 129 Å². The van der Waals surface area contributed by atoms with Crippen LogP contribution in [0.3, 0.4) is 0 Å². The molecule has 4 aromatic carbocycles. The monoisotopic (exact) mass is 739 g/mol. The number of benzene rings is 4. The summed E-state index contributed by atoms with van der Waals surface area (Å²) in [5.74, 6) is -0.804. The number of amides is 2. The predicted molar refractivity (Wildman–Crippen MR) is 182 cm³/mol. The normalized spacial score (nSPS) is 12.6. The highest BCUT2D eigenvalue weighted by molar-refractivity contribution is 9.10. The Kier molecular flexibility index (Phi) is 11.8. The molecule has 0 spiro atoms. The van der Waals surface area contributed by atoms with E-state index in [4.69, 9.17) is 0 Å². The number of hydrogen-bond donors (Lipinski definition) is 1. The van der Waals surface area contributed by atoms with Crippen molar-refractivity contribution in [1.82, 2.24) is 10.2 Å². The molecule has 44 heavy (non-hydrogen) atoms. The quantitative estimate of drug-likeness (QED) is 0.161. The third-order valence-electron chi connectivity index (χ3n) is 7.24. The smallest absolute Gasteiger partial charge is 0.264 e. The van der Waals surface area contributed by atoms with Crippen LogP contribution in [-0.2, 0) is 32.6 Å². The first-order valence-corrected chi connectivity index (χ1v) is 17.3. The molecule has 2 atom stereocenters. The first-order chi connectivity index (χ1) is 21.1. The third-order valence-corrected chi connectivity index (χ3v) is 10.1. The zero-order valence-electron chi connectivity index (χ0n) is 24.6. The van der Waals surface area contributed by atoms with Crippen LogP contribution in [0.5, 0.6) is 0 Å². The average molecular weight is 742 g/mol. The third kappa shape index (κ3) is 8.80. The summed E-state index contributed by atoms with van der Waals surface area (Å²) in [6, 6.07) is 30.8. The number of nitrogens with one attached hydrogen (secondary N) is 1. The minimum absolute atomic E-state index is 0.0579. The topological polar surface area (TPSA) is 86.8 Å². The molecule has 7 nitrogen and oxygen atoms in total. The molecule has 0 aliphatic heterocycles. The number of carbonyl (C=O) groups is 2. The average Bonchev–Trinajstić information content (AvgIpc) is 3.03. The van der Waals surface area contributed by atoms with Crippen LogP contribution in [0, 0.1) is 0 Å². The van der Waals surface area contributed by atoms with E-state index in [1.165, 1.54) is 17.0 Å². The van der Waals surface area contributed by atoms with Crippen molar-refractivity contribution < 1.29 is 18.0 Å². The Morgan fingerprint density at radius 3 is 2.05 bits per heavy atom. The maximum atomic E-state index is 14.5. The molecule has 0 aliphatic rings. The van der Waals surface area contributed by atoms with Crippen LogP contribution in [-0.4, -0.2) is 43.8 Å². The number of anilines is 1. The molecule has 2 amide bonds. The number of sulfonamides is 1. The van der Waals surface area contributed by atoms with Gasteiger partial charge >= 0.3 is 0 Å². The van der Waals surface area contributed by atoms with Gasteiger partial charge in [-0.2, -0.15) is 0 Å². The van der Waals surface area contributed by atoms with Gasteiger partial charge in [-0.15, -0.1) is 0 Å². The van der Waals surface area contributed by atoms with Gasteiger partial charge in [0.05, 0.1) is 10.6 Å². The van der Waals surface area contributed by atoms with E-state index < -0.39 is 28.5 Å². The van der Waals surface area contributed by atoms with Crippen molar-refractivity contribution in [2.45, 2.75) is 50.2 Å². The SMILES string of the molecule is CC[C@H](C)NC(=O)[C@@H](Cc1ccccc1)N(Cc1ccc(Br)cc1)C(=O)CN(c1cccc(Br)c1)S(=O)(=O)c1ccccc1. The summed E-state index contributed by atoms with van der Waals surface area (Å²) in [4.78, 5) is 29.9. The molecule has 230 valence electrons. The van der Waals surface area contributed by atoms with E-state index in [0.717, 1.165) is 26.3 Å². The van der Waals surface area contributed by atoms with Gasteiger partial charge in [-0.1, -0.05) is 106 Å². The fraction of sp³-hybridized carbons (Fsp3) is 0.235. The van der Waals surface area contributed by atoms with Crippen LogP contribution in [0.2, 0.25) is 0 Å². The largest absolute Gasteiger partial charge is 0.352 e. The lowest BCUT2D eigenvalue weighted by Gasteiger charge is -2.34. The molecule has 4 rings (SSSR count). The zero-order valence-corrected chi connectivity index (χ0v) is 28.6. The van der Waals surface area contributed by atoms with Gasteiger partial charge in [0.2, 0.25) is 11.8 Å². The maximum absolute atomic E-state index is 14.5. The lowest BCUT2D eigenvalue weighted by molar-refractivity contribution is -0.140. The van der Waals surface area contributed by atoms with Crippen molar-refractivity contribution in [2.75, 3.05) is 10.8 Å². The second-order valence-corrected chi connectivity index (χ2v) is 14.2. The minimum atomic E-state index is -4.15. The van der Waals surface area contributed by atoms with E-state index in [1.807, 2.05) is 68.4 Å². The van der Waals surface area contributed by atoms with E-state index in [0.29, 0.717) is 10.2 Å². The zero-order chi connectivity index (χ0) is 31.7. The van der Waals surface area contributed by atoms with Gasteiger partial charge in [-0.05, 0) is 66.9 Å². The first-order valence-electron chi connectivity index (χ1n) is 14.3. The van der Waals surface area contributed by atoms with Gasteiger partial charge in [-0.3, -0.25) is 13.9 Å². The number of hydrogen-bond acceptors (Lipinski definition) is 4. The highest BCUT2D eigenvalue weighted by atomic mass is 79.9. The standard InChI is InChI=1S/C34H35Br2N3O4S/c1-3-25(2)37-34(41)32(21-26-11-6-4-7-12-26)38(23-27-17-19-28(35)20-18-27)33(40)24-39(30-14-10-13-29(36)22-30)44(42,43)31-15-8-5-9-16-31/h4-20,22,25,32H,3,21,23-24H2,1-2H3,(H,37,41)/t25-,32+/m0/s1. The Hall–Kier alpha value is -3.47. The summed E-state index contributed by atoms with van der Waals surface area (Å²) < 4.78 is 30.7. The molecule has 10 heteroatoms. The van der Waals surface area contributed by atoms with Gasteiger partial charge in [0.15, 0.2) is 0 Å². The Morgan fingerprint density at radius 2 is 1.43 bits per heavy atom. The van der Waals surface area contributed by atoms with Crippen LogP contribution >= 0.6 is 31.9 Å². The molecule has 0 aromatic heterocycles. The Morgan fingerprint density at radius 1 is 0.795 bits per heavy atom. The molecule has 0 aliphatic carbocycles. The molecular weight excluding hydrogens is 706 g/mol. The lowest BCUT2D eigenvalue weighted by atomic mass is 10.0. The highest BCUT2D eigenvalue weighted by Gasteiger charge is 2.35. The molecular formula is C34H35Br2N3O4S. The maximum Gasteiger partial charge on any atom is 0.264 e. The van der Waals surface area contributed by atoms with E-state index in [9.17, 15) is 18.0 Å². The van der Waals surface area contributed by atoms with Crippen molar-refractivity contribution in [3.63, 3.8) is 0 Å². The van der Waals surface area contributed by atoms with Gasteiger partial charge in [0.25, 0.3) is 10.0 Å². The second kappa shape index (κ2) is 15.5. The van der Waals surface area contributed by atoms with E-state index in [2.05, 4.69) is 37.2 Å². The van der Waals surface area contributed by atoms with Gasteiger partial charge in [-0.25, -0.2) is 8.42 Å². The number of halogens is 2. The van der Waals surface area contributed by atoms with Crippen molar-refractivity contribution in [2.24, 2.45) is 0 Å². The van der Waals surface area contributed by atoms with E-state index >= 15 is 0 Å². The van der Waals surface area contributed by atoms with Crippen LogP contribution in [0.15, 0.2) is 123 Å². The van der Waals surface area contributed by atoms with Crippen molar-refractivity contribution in [1.29, 1.82) is 0 Å². The van der Waals surface area contributed by atoms with Crippen LogP contribution in [0.25, 0.3) is 0 Å². The minimum Gasteiger partial charge on any atom is -0.352 e. The highest BCUT2D eigenvalue weighted by Crippen LogP contribution is 2.27. The van der Waals surface area contributed by atoms with Crippen LogP contribution < -0.4 is 9.62 Å². The Balaban J connectivity index is 1.80. The molecule has 0 unspecified atom stereocenters. The molecule has 1 N–H and O–H groups in total. The summed E-state index contributed by atoms with van der Waals surface area (Å²) in [5, 5.41) is 3.05. The molecule has 0 saturated heterocycles. The summed E-state index contributed by atoms with van der Waals surface area (Å²) in [6.45, 7) is 3.49. The molecule has 0 fully saturated rings. The fourth-order valence-electron chi connectivity index (χ4n) is 4.66. The predicted octanol–water partition coefficient (Wildman–Crippen LogP) is 6.96. The summed E-state index contributed by atoms with van der Waals surface area (Å²) >= 11 is 6.89. The lowest BCUT2D eigenvalue weighted by Crippen LogP contribution is -2.54. The molecule has 0 saturated carbocycles. The molecule has 4 aromatic rings.